The Morgan fingerprint density at radius 2 is 2.32 bits per heavy atom. The van der Waals surface area contributed by atoms with Crippen LogP contribution in [0, 0.1) is 0 Å². The zero-order valence-corrected chi connectivity index (χ0v) is 12.8. The standard InChI is InChI=1S/C12H14BrN5S/c1-2-18-7-16-17-11(18)6-15-10-4-3-8(13)5-9(10)12(14)19/h3-5,7,15H,2,6H2,1H3,(H2,14,19). The van der Waals surface area contributed by atoms with Crippen LogP contribution in [0.15, 0.2) is 29.0 Å². The molecule has 0 aliphatic heterocycles. The SMILES string of the molecule is CCn1cnnc1CNc1ccc(Br)cc1C(N)=S. The molecule has 0 bridgehead atoms. The van der Waals surface area contributed by atoms with Crippen LogP contribution in [0.3, 0.4) is 0 Å². The molecule has 1 aromatic heterocycles. The number of nitrogens with one attached hydrogen (secondary N) is 1. The molecule has 2 aromatic rings. The van der Waals surface area contributed by atoms with Crippen molar-refractivity contribution in [2.45, 2.75) is 20.0 Å². The van der Waals surface area contributed by atoms with Crippen LogP contribution in [0.4, 0.5) is 5.69 Å². The van der Waals surface area contributed by atoms with Crippen molar-refractivity contribution in [3.8, 4) is 0 Å². The van der Waals surface area contributed by atoms with Crippen molar-refractivity contribution in [3.05, 3.63) is 40.4 Å². The Balaban J connectivity index is 2.18. The molecule has 0 fully saturated rings. The highest BCUT2D eigenvalue weighted by Gasteiger charge is 2.08. The van der Waals surface area contributed by atoms with Crippen molar-refractivity contribution in [3.63, 3.8) is 0 Å². The molecule has 2 rings (SSSR count). The van der Waals surface area contributed by atoms with Gasteiger partial charge in [-0.2, -0.15) is 0 Å². The lowest BCUT2D eigenvalue weighted by Crippen LogP contribution is -2.14. The number of halogens is 1. The van der Waals surface area contributed by atoms with Gasteiger partial charge in [0.05, 0.1) is 6.54 Å². The smallest absolute Gasteiger partial charge is 0.152 e. The van der Waals surface area contributed by atoms with E-state index in [2.05, 4.69) is 31.4 Å². The molecular formula is C12H14BrN5S. The number of thiocarbonyl (C=S) groups is 1. The predicted molar refractivity (Wildman–Crippen MR) is 83.1 cm³/mol. The van der Waals surface area contributed by atoms with Crippen LogP contribution in [-0.2, 0) is 13.1 Å². The van der Waals surface area contributed by atoms with E-state index in [1.165, 1.54) is 0 Å². The number of aromatic nitrogens is 3. The zero-order chi connectivity index (χ0) is 13.8. The molecule has 1 aromatic carbocycles. The summed E-state index contributed by atoms with van der Waals surface area (Å²) in [6.45, 7) is 3.46. The normalized spacial score (nSPS) is 10.4. The highest BCUT2D eigenvalue weighted by atomic mass is 79.9. The summed E-state index contributed by atoms with van der Waals surface area (Å²) in [5.74, 6) is 0.874. The van der Waals surface area contributed by atoms with Crippen molar-refractivity contribution < 1.29 is 0 Å². The van der Waals surface area contributed by atoms with Gasteiger partial charge in [-0.3, -0.25) is 0 Å². The monoisotopic (exact) mass is 339 g/mol. The molecule has 0 amide bonds. The van der Waals surface area contributed by atoms with E-state index in [1.54, 1.807) is 6.33 Å². The summed E-state index contributed by atoms with van der Waals surface area (Å²) in [6.07, 6.45) is 1.72. The molecule has 0 unspecified atom stereocenters. The summed E-state index contributed by atoms with van der Waals surface area (Å²) < 4.78 is 2.92. The Morgan fingerprint density at radius 1 is 1.53 bits per heavy atom. The second-order valence-electron chi connectivity index (χ2n) is 3.94. The van der Waals surface area contributed by atoms with Gasteiger partial charge in [0.2, 0.25) is 0 Å². The molecule has 0 radical (unpaired) electrons. The quantitative estimate of drug-likeness (QED) is 0.818. The number of aryl methyl sites for hydroxylation is 1. The second kappa shape index (κ2) is 6.12. The zero-order valence-electron chi connectivity index (χ0n) is 10.4. The molecule has 3 N–H and O–H groups in total. The summed E-state index contributed by atoms with van der Waals surface area (Å²) in [4.78, 5) is 0.362. The first-order chi connectivity index (χ1) is 9.11. The van der Waals surface area contributed by atoms with E-state index >= 15 is 0 Å². The van der Waals surface area contributed by atoms with Gasteiger partial charge >= 0.3 is 0 Å². The molecule has 0 aliphatic rings. The fourth-order valence-electron chi connectivity index (χ4n) is 1.73. The van der Waals surface area contributed by atoms with Gasteiger partial charge in [-0.15, -0.1) is 10.2 Å². The van der Waals surface area contributed by atoms with Crippen LogP contribution in [0.25, 0.3) is 0 Å². The third-order valence-electron chi connectivity index (χ3n) is 2.72. The van der Waals surface area contributed by atoms with Crippen LogP contribution < -0.4 is 11.1 Å². The van der Waals surface area contributed by atoms with Crippen molar-refractivity contribution in [1.82, 2.24) is 14.8 Å². The number of nitrogens with zero attached hydrogens (tertiary/aromatic N) is 3. The van der Waals surface area contributed by atoms with Crippen LogP contribution in [0.1, 0.15) is 18.3 Å². The minimum atomic E-state index is 0.362. The summed E-state index contributed by atoms with van der Waals surface area (Å²) in [7, 11) is 0. The molecule has 0 saturated carbocycles. The Hall–Kier alpha value is -1.47. The fourth-order valence-corrected chi connectivity index (χ4v) is 2.26. The minimum Gasteiger partial charge on any atom is -0.389 e. The first-order valence-electron chi connectivity index (χ1n) is 5.81. The van der Waals surface area contributed by atoms with Gasteiger partial charge in [0.15, 0.2) is 5.82 Å². The highest BCUT2D eigenvalue weighted by Crippen LogP contribution is 2.21. The lowest BCUT2D eigenvalue weighted by Gasteiger charge is -2.11. The Morgan fingerprint density at radius 3 is 3.00 bits per heavy atom. The molecule has 0 spiro atoms. The summed E-state index contributed by atoms with van der Waals surface area (Å²) in [5.41, 5.74) is 7.43. The predicted octanol–water partition coefficient (Wildman–Crippen LogP) is 2.31. The molecule has 0 saturated heterocycles. The van der Waals surface area contributed by atoms with E-state index in [-0.39, 0.29) is 0 Å². The van der Waals surface area contributed by atoms with Gasteiger partial charge in [-0.25, -0.2) is 0 Å². The van der Waals surface area contributed by atoms with E-state index in [0.29, 0.717) is 11.5 Å². The van der Waals surface area contributed by atoms with Gasteiger partial charge < -0.3 is 15.6 Å². The average Bonchev–Trinajstić information content (AvgIpc) is 2.84. The third-order valence-corrected chi connectivity index (χ3v) is 3.43. The van der Waals surface area contributed by atoms with Crippen LogP contribution in [0.2, 0.25) is 0 Å². The van der Waals surface area contributed by atoms with E-state index in [1.807, 2.05) is 29.7 Å². The molecular weight excluding hydrogens is 326 g/mol. The van der Waals surface area contributed by atoms with Crippen LogP contribution in [-0.4, -0.2) is 19.8 Å². The average molecular weight is 340 g/mol. The summed E-state index contributed by atoms with van der Waals surface area (Å²) in [6, 6.07) is 5.77. The maximum absolute atomic E-state index is 5.73. The van der Waals surface area contributed by atoms with Gasteiger partial charge in [-0.1, -0.05) is 28.1 Å². The van der Waals surface area contributed by atoms with Gasteiger partial charge in [0.1, 0.15) is 11.3 Å². The maximum atomic E-state index is 5.73. The highest BCUT2D eigenvalue weighted by molar-refractivity contribution is 9.10. The number of hydrogen-bond acceptors (Lipinski definition) is 4. The Labute approximate surface area is 125 Å². The molecule has 1 heterocycles. The second-order valence-corrected chi connectivity index (χ2v) is 5.30. The fraction of sp³-hybridized carbons (Fsp3) is 0.250. The molecule has 7 heteroatoms. The Kier molecular flexibility index (Phi) is 4.49. The number of hydrogen-bond donors (Lipinski definition) is 2. The largest absolute Gasteiger partial charge is 0.389 e. The number of rotatable bonds is 5. The topological polar surface area (TPSA) is 68.8 Å². The Bertz CT molecular complexity index is 596. The minimum absolute atomic E-state index is 0.362. The van der Waals surface area contributed by atoms with E-state index in [9.17, 15) is 0 Å². The van der Waals surface area contributed by atoms with Crippen molar-refractivity contribution in [1.29, 1.82) is 0 Å². The van der Waals surface area contributed by atoms with Crippen molar-refractivity contribution in [2.24, 2.45) is 5.73 Å². The van der Waals surface area contributed by atoms with E-state index in [4.69, 9.17) is 18.0 Å². The molecule has 5 nitrogen and oxygen atoms in total. The maximum Gasteiger partial charge on any atom is 0.152 e. The van der Waals surface area contributed by atoms with Gasteiger partial charge in [0.25, 0.3) is 0 Å². The third kappa shape index (κ3) is 3.30. The summed E-state index contributed by atoms with van der Waals surface area (Å²) in [5, 5.41) is 11.3. The molecule has 19 heavy (non-hydrogen) atoms. The summed E-state index contributed by atoms with van der Waals surface area (Å²) >= 11 is 8.46. The number of benzene rings is 1. The van der Waals surface area contributed by atoms with Gasteiger partial charge in [0, 0.05) is 22.3 Å². The lowest BCUT2D eigenvalue weighted by atomic mass is 10.2. The molecule has 100 valence electrons. The first-order valence-corrected chi connectivity index (χ1v) is 7.02. The van der Waals surface area contributed by atoms with Crippen LogP contribution >= 0.6 is 28.1 Å². The van der Waals surface area contributed by atoms with Crippen molar-refractivity contribution >= 4 is 38.8 Å². The van der Waals surface area contributed by atoms with E-state index < -0.39 is 0 Å². The molecule has 0 atom stereocenters. The van der Waals surface area contributed by atoms with Crippen LogP contribution in [0.5, 0.6) is 0 Å². The lowest BCUT2D eigenvalue weighted by molar-refractivity contribution is 0.708. The van der Waals surface area contributed by atoms with Crippen molar-refractivity contribution in [2.75, 3.05) is 5.32 Å². The number of anilines is 1. The number of nitrogens with two attached hydrogens (primary N) is 1. The van der Waals surface area contributed by atoms with Gasteiger partial charge in [-0.05, 0) is 25.1 Å². The molecule has 0 aliphatic carbocycles. The van der Waals surface area contributed by atoms with E-state index in [0.717, 1.165) is 28.1 Å². The first kappa shape index (κ1) is 14.0.